The van der Waals surface area contributed by atoms with Crippen molar-refractivity contribution in [2.75, 3.05) is 6.54 Å². The molecule has 0 unspecified atom stereocenters. The molecule has 1 heteroatoms. The van der Waals surface area contributed by atoms with Crippen molar-refractivity contribution in [2.45, 2.75) is 56.9 Å². The zero-order valence-electron chi connectivity index (χ0n) is 14.1. The fourth-order valence-corrected chi connectivity index (χ4v) is 3.81. The molecule has 1 fully saturated rings. The number of hydrogen-bond acceptors (Lipinski definition) is 1. The predicted molar refractivity (Wildman–Crippen MR) is 98.8 cm³/mol. The monoisotopic (exact) mass is 307 g/mol. The van der Waals surface area contributed by atoms with Crippen molar-refractivity contribution in [3.05, 3.63) is 71.8 Å². The van der Waals surface area contributed by atoms with E-state index in [4.69, 9.17) is 0 Å². The Hall–Kier alpha value is -1.60. The number of hydrogen-bond donors (Lipinski definition) is 1. The van der Waals surface area contributed by atoms with Crippen molar-refractivity contribution >= 4 is 0 Å². The molecule has 0 amide bonds. The molecule has 0 spiro atoms. The summed E-state index contributed by atoms with van der Waals surface area (Å²) in [4.78, 5) is 0. The Labute approximate surface area is 141 Å². The molecular formula is C22H29N. The lowest BCUT2D eigenvalue weighted by Gasteiger charge is -2.21. The molecule has 1 saturated carbocycles. The van der Waals surface area contributed by atoms with Crippen LogP contribution in [0.4, 0.5) is 0 Å². The van der Waals surface area contributed by atoms with Gasteiger partial charge in [-0.2, -0.15) is 0 Å². The van der Waals surface area contributed by atoms with Gasteiger partial charge >= 0.3 is 0 Å². The van der Waals surface area contributed by atoms with Crippen LogP contribution in [0.15, 0.2) is 60.7 Å². The van der Waals surface area contributed by atoms with Gasteiger partial charge in [-0.1, -0.05) is 86.3 Å². The summed E-state index contributed by atoms with van der Waals surface area (Å²) in [5.41, 5.74) is 2.86. The van der Waals surface area contributed by atoms with Gasteiger partial charge in [-0.15, -0.1) is 0 Å². The van der Waals surface area contributed by atoms with Crippen molar-refractivity contribution in [2.24, 2.45) is 0 Å². The first kappa shape index (κ1) is 16.3. The third-order valence-corrected chi connectivity index (χ3v) is 5.13. The zero-order chi connectivity index (χ0) is 15.7. The number of rotatable bonds is 6. The molecule has 0 heterocycles. The second-order valence-electron chi connectivity index (χ2n) is 6.81. The Balaban J connectivity index is 1.62. The number of nitrogens with one attached hydrogen (secondary N) is 1. The van der Waals surface area contributed by atoms with Gasteiger partial charge in [-0.05, 0) is 36.9 Å². The van der Waals surface area contributed by atoms with Gasteiger partial charge in [0.15, 0.2) is 0 Å². The van der Waals surface area contributed by atoms with Crippen LogP contribution in [0.5, 0.6) is 0 Å². The molecule has 1 aliphatic carbocycles. The first-order chi connectivity index (χ1) is 11.4. The highest BCUT2D eigenvalue weighted by Gasteiger charge is 2.15. The summed E-state index contributed by atoms with van der Waals surface area (Å²) in [5.74, 6) is 0.496. The van der Waals surface area contributed by atoms with Crippen LogP contribution in [-0.2, 0) is 0 Å². The van der Waals surface area contributed by atoms with E-state index in [2.05, 4.69) is 66.0 Å². The van der Waals surface area contributed by atoms with Crippen molar-refractivity contribution in [3.63, 3.8) is 0 Å². The van der Waals surface area contributed by atoms with Gasteiger partial charge in [-0.25, -0.2) is 0 Å². The molecule has 1 nitrogen and oxygen atoms in total. The van der Waals surface area contributed by atoms with Gasteiger partial charge in [0.2, 0.25) is 0 Å². The highest BCUT2D eigenvalue weighted by atomic mass is 14.9. The minimum atomic E-state index is 0.496. The van der Waals surface area contributed by atoms with Crippen LogP contribution >= 0.6 is 0 Å². The fraction of sp³-hybridized carbons (Fsp3) is 0.455. The molecule has 1 aliphatic rings. The average Bonchev–Trinajstić information content (AvgIpc) is 2.89. The molecule has 3 rings (SSSR count). The molecular weight excluding hydrogens is 278 g/mol. The van der Waals surface area contributed by atoms with E-state index in [-0.39, 0.29) is 0 Å². The molecule has 0 atom stereocenters. The summed E-state index contributed by atoms with van der Waals surface area (Å²) in [6.45, 7) is 1.11. The largest absolute Gasteiger partial charge is 0.314 e. The van der Waals surface area contributed by atoms with Crippen molar-refractivity contribution in [1.82, 2.24) is 5.32 Å². The second-order valence-corrected chi connectivity index (χ2v) is 6.81. The second kappa shape index (κ2) is 8.88. The molecule has 0 saturated heterocycles. The summed E-state index contributed by atoms with van der Waals surface area (Å²) in [6.07, 6.45) is 9.55. The van der Waals surface area contributed by atoms with Gasteiger partial charge in [0.1, 0.15) is 0 Å². The highest BCUT2D eigenvalue weighted by molar-refractivity contribution is 5.32. The predicted octanol–water partition coefficient (Wildman–Crippen LogP) is 5.52. The van der Waals surface area contributed by atoms with Gasteiger partial charge in [0.25, 0.3) is 0 Å². The van der Waals surface area contributed by atoms with Crippen LogP contribution in [0.3, 0.4) is 0 Å². The SMILES string of the molecule is c1ccc(C(CCNC2CCCCCC2)c2ccccc2)cc1. The molecule has 2 aromatic carbocycles. The van der Waals surface area contributed by atoms with Crippen molar-refractivity contribution in [1.29, 1.82) is 0 Å². The summed E-state index contributed by atoms with van der Waals surface area (Å²) in [6, 6.07) is 22.6. The van der Waals surface area contributed by atoms with Gasteiger partial charge < -0.3 is 5.32 Å². The fourth-order valence-electron chi connectivity index (χ4n) is 3.81. The van der Waals surface area contributed by atoms with Gasteiger partial charge in [0, 0.05) is 12.0 Å². The number of benzene rings is 2. The van der Waals surface area contributed by atoms with Crippen LogP contribution in [-0.4, -0.2) is 12.6 Å². The Morgan fingerprint density at radius 3 is 1.78 bits per heavy atom. The Morgan fingerprint density at radius 1 is 0.739 bits per heavy atom. The molecule has 2 aromatic rings. The lowest BCUT2D eigenvalue weighted by Crippen LogP contribution is -2.30. The van der Waals surface area contributed by atoms with Gasteiger partial charge in [0.05, 0.1) is 0 Å². The van der Waals surface area contributed by atoms with E-state index < -0.39 is 0 Å². The van der Waals surface area contributed by atoms with Gasteiger partial charge in [-0.3, -0.25) is 0 Å². The van der Waals surface area contributed by atoms with Crippen molar-refractivity contribution in [3.8, 4) is 0 Å². The summed E-state index contributed by atoms with van der Waals surface area (Å²) < 4.78 is 0. The lowest BCUT2D eigenvalue weighted by molar-refractivity contribution is 0.449. The zero-order valence-corrected chi connectivity index (χ0v) is 14.1. The molecule has 0 bridgehead atoms. The minimum Gasteiger partial charge on any atom is -0.314 e. The molecule has 0 aromatic heterocycles. The Kier molecular flexibility index (Phi) is 6.28. The van der Waals surface area contributed by atoms with Crippen LogP contribution < -0.4 is 5.32 Å². The quantitative estimate of drug-likeness (QED) is 0.693. The third-order valence-electron chi connectivity index (χ3n) is 5.13. The normalized spacial score (nSPS) is 16.4. The molecule has 122 valence electrons. The first-order valence-corrected chi connectivity index (χ1v) is 9.27. The van der Waals surface area contributed by atoms with E-state index in [1.165, 1.54) is 56.1 Å². The standard InChI is InChI=1S/C22H29N/c1-2-10-16-21(15-9-1)23-18-17-22(19-11-5-3-6-12-19)20-13-7-4-8-14-20/h3-8,11-14,21-23H,1-2,9-10,15-18H2. The molecule has 1 N–H and O–H groups in total. The van der Waals surface area contributed by atoms with E-state index in [1.54, 1.807) is 0 Å². The van der Waals surface area contributed by atoms with E-state index in [0.717, 1.165) is 12.6 Å². The highest BCUT2D eigenvalue weighted by Crippen LogP contribution is 2.27. The van der Waals surface area contributed by atoms with Crippen LogP contribution in [0.2, 0.25) is 0 Å². The van der Waals surface area contributed by atoms with E-state index in [9.17, 15) is 0 Å². The van der Waals surface area contributed by atoms with E-state index in [0.29, 0.717) is 5.92 Å². The molecule has 0 radical (unpaired) electrons. The lowest BCUT2D eigenvalue weighted by atomic mass is 9.88. The third kappa shape index (κ3) is 4.94. The van der Waals surface area contributed by atoms with Crippen LogP contribution in [0, 0.1) is 0 Å². The van der Waals surface area contributed by atoms with Crippen LogP contribution in [0.25, 0.3) is 0 Å². The smallest absolute Gasteiger partial charge is 0.0101 e. The van der Waals surface area contributed by atoms with Crippen molar-refractivity contribution < 1.29 is 0 Å². The van der Waals surface area contributed by atoms with E-state index in [1.807, 2.05) is 0 Å². The topological polar surface area (TPSA) is 12.0 Å². The Morgan fingerprint density at radius 2 is 1.26 bits per heavy atom. The molecule has 23 heavy (non-hydrogen) atoms. The summed E-state index contributed by atoms with van der Waals surface area (Å²) in [7, 11) is 0. The maximum Gasteiger partial charge on any atom is 0.0101 e. The average molecular weight is 307 g/mol. The summed E-state index contributed by atoms with van der Waals surface area (Å²) >= 11 is 0. The van der Waals surface area contributed by atoms with E-state index >= 15 is 0 Å². The maximum absolute atomic E-state index is 3.83. The maximum atomic E-state index is 3.83. The molecule has 0 aliphatic heterocycles. The summed E-state index contributed by atoms with van der Waals surface area (Å²) in [5, 5.41) is 3.83. The minimum absolute atomic E-state index is 0.496. The van der Waals surface area contributed by atoms with Crippen LogP contribution in [0.1, 0.15) is 62.0 Å². The first-order valence-electron chi connectivity index (χ1n) is 9.27. The Bertz CT molecular complexity index is 501.